The Kier molecular flexibility index (Phi) is 5.93. The summed E-state index contributed by atoms with van der Waals surface area (Å²) in [7, 11) is 0. The van der Waals surface area contributed by atoms with Gasteiger partial charge >= 0.3 is 0 Å². The van der Waals surface area contributed by atoms with Gasteiger partial charge in [-0.2, -0.15) is 0 Å². The quantitative estimate of drug-likeness (QED) is 0.257. The lowest BCUT2D eigenvalue weighted by atomic mass is 10.1. The number of halogens is 1. The van der Waals surface area contributed by atoms with Crippen molar-refractivity contribution in [2.75, 3.05) is 31.1 Å². The van der Waals surface area contributed by atoms with E-state index in [1.54, 1.807) is 18.2 Å². The first-order valence-electron chi connectivity index (χ1n) is 12.2. The summed E-state index contributed by atoms with van der Waals surface area (Å²) in [5.41, 5.74) is 2.84. The third kappa shape index (κ3) is 4.36. The minimum Gasteiger partial charge on any atom is -0.341 e. The number of aromatic nitrogens is 4. The Hall–Kier alpha value is -4.44. The fraction of sp³-hybridized carbons (Fsp3) is 0.222. The first kappa shape index (κ1) is 23.0. The van der Waals surface area contributed by atoms with Crippen LogP contribution in [0.1, 0.15) is 12.0 Å². The van der Waals surface area contributed by atoms with Crippen LogP contribution >= 0.6 is 0 Å². The molecule has 0 radical (unpaired) electrons. The SMILES string of the molecule is O=[N+]([O-])c1ccccc1-c1nnc2c3ccccc3nc(N3CCCN(Cc4ccc(F)cc4)CC3)n12. The van der Waals surface area contributed by atoms with Gasteiger partial charge in [-0.05, 0) is 42.3 Å². The van der Waals surface area contributed by atoms with E-state index in [1.807, 2.05) is 40.8 Å². The van der Waals surface area contributed by atoms with E-state index in [0.717, 1.165) is 49.1 Å². The van der Waals surface area contributed by atoms with Gasteiger partial charge < -0.3 is 4.90 Å². The first-order chi connectivity index (χ1) is 18.1. The number of nitrogens with zero attached hydrogens (tertiary/aromatic N) is 7. The van der Waals surface area contributed by atoms with Crippen LogP contribution < -0.4 is 4.90 Å². The van der Waals surface area contributed by atoms with Gasteiger partial charge in [-0.15, -0.1) is 10.2 Å². The molecule has 1 aliphatic heterocycles. The number of hydrogen-bond donors (Lipinski definition) is 0. The number of fused-ring (bicyclic) bond motifs is 3. The Morgan fingerprint density at radius 3 is 2.51 bits per heavy atom. The third-order valence-electron chi connectivity index (χ3n) is 6.76. The average Bonchev–Trinajstić information content (AvgIpc) is 3.23. The van der Waals surface area contributed by atoms with Gasteiger partial charge in [0.25, 0.3) is 5.69 Å². The molecule has 5 aromatic rings. The number of anilines is 1. The molecular weight excluding hydrogens is 473 g/mol. The Morgan fingerprint density at radius 2 is 1.68 bits per heavy atom. The van der Waals surface area contributed by atoms with E-state index in [-0.39, 0.29) is 11.5 Å². The van der Waals surface area contributed by atoms with Gasteiger partial charge in [0, 0.05) is 44.2 Å². The summed E-state index contributed by atoms with van der Waals surface area (Å²) in [6.07, 6.45) is 0.903. The molecule has 0 amide bonds. The minimum atomic E-state index is -0.399. The van der Waals surface area contributed by atoms with Crippen molar-refractivity contribution >= 4 is 28.2 Å². The number of rotatable bonds is 5. The van der Waals surface area contributed by atoms with Crippen LogP contribution in [0, 0.1) is 15.9 Å². The van der Waals surface area contributed by atoms with Crippen molar-refractivity contribution < 1.29 is 9.31 Å². The molecule has 37 heavy (non-hydrogen) atoms. The molecule has 0 bridgehead atoms. The normalized spacial score (nSPS) is 14.8. The van der Waals surface area contributed by atoms with Gasteiger partial charge in [0.2, 0.25) is 5.95 Å². The van der Waals surface area contributed by atoms with Crippen LogP contribution in [-0.4, -0.2) is 55.6 Å². The Labute approximate surface area is 211 Å². The van der Waals surface area contributed by atoms with Gasteiger partial charge in [0.15, 0.2) is 11.5 Å². The summed E-state index contributed by atoms with van der Waals surface area (Å²) in [4.78, 5) is 20.9. The lowest BCUT2D eigenvalue weighted by molar-refractivity contribution is -0.384. The maximum absolute atomic E-state index is 13.3. The van der Waals surface area contributed by atoms with E-state index in [4.69, 9.17) is 4.98 Å². The number of hydrogen-bond acceptors (Lipinski definition) is 7. The maximum Gasteiger partial charge on any atom is 0.280 e. The molecule has 0 atom stereocenters. The zero-order valence-corrected chi connectivity index (χ0v) is 20.0. The number of para-hydroxylation sites is 2. The molecule has 3 aromatic carbocycles. The van der Waals surface area contributed by atoms with Crippen molar-refractivity contribution in [2.45, 2.75) is 13.0 Å². The summed E-state index contributed by atoms with van der Waals surface area (Å²) >= 11 is 0. The molecule has 9 nitrogen and oxygen atoms in total. The molecule has 1 saturated heterocycles. The molecule has 1 aliphatic rings. The predicted molar refractivity (Wildman–Crippen MR) is 139 cm³/mol. The van der Waals surface area contributed by atoms with E-state index in [9.17, 15) is 14.5 Å². The van der Waals surface area contributed by atoms with Gasteiger partial charge in [-0.3, -0.25) is 15.0 Å². The van der Waals surface area contributed by atoms with Crippen molar-refractivity contribution in [1.29, 1.82) is 0 Å². The molecule has 0 spiro atoms. The van der Waals surface area contributed by atoms with Crippen LogP contribution in [0.15, 0.2) is 72.8 Å². The highest BCUT2D eigenvalue weighted by Gasteiger charge is 2.26. The van der Waals surface area contributed by atoms with Crippen LogP contribution in [0.4, 0.5) is 16.0 Å². The predicted octanol–water partition coefficient (Wildman–Crippen LogP) is 4.70. The smallest absolute Gasteiger partial charge is 0.280 e. The van der Waals surface area contributed by atoms with Crippen LogP contribution in [0.25, 0.3) is 27.9 Å². The monoisotopic (exact) mass is 497 g/mol. The number of nitro groups is 1. The molecule has 0 N–H and O–H groups in total. The standard InChI is InChI=1S/C27H24FN7O2/c28-20-12-10-19(11-13-20)18-32-14-5-15-33(17-16-32)27-29-23-8-3-1-6-21(23)25-30-31-26(34(25)27)22-7-2-4-9-24(22)35(36)37/h1-4,6-13H,5,14-18H2. The van der Waals surface area contributed by atoms with Crippen LogP contribution in [0.2, 0.25) is 0 Å². The van der Waals surface area contributed by atoms with Gasteiger partial charge in [0.1, 0.15) is 5.82 Å². The van der Waals surface area contributed by atoms with Gasteiger partial charge in [0.05, 0.1) is 16.0 Å². The Bertz CT molecular complexity index is 1600. The van der Waals surface area contributed by atoms with E-state index in [2.05, 4.69) is 20.0 Å². The van der Waals surface area contributed by atoms with Crippen molar-refractivity contribution in [1.82, 2.24) is 24.5 Å². The van der Waals surface area contributed by atoms with E-state index >= 15 is 0 Å². The number of nitro benzene ring substituents is 1. The third-order valence-corrected chi connectivity index (χ3v) is 6.76. The second-order valence-electron chi connectivity index (χ2n) is 9.13. The van der Waals surface area contributed by atoms with Crippen LogP contribution in [0.3, 0.4) is 0 Å². The molecule has 0 unspecified atom stereocenters. The summed E-state index contributed by atoms with van der Waals surface area (Å²) in [5.74, 6) is 0.819. The second kappa shape index (κ2) is 9.55. The summed E-state index contributed by atoms with van der Waals surface area (Å²) < 4.78 is 15.2. The highest BCUT2D eigenvalue weighted by atomic mass is 19.1. The fourth-order valence-electron chi connectivity index (χ4n) is 4.95. The molecule has 6 rings (SSSR count). The Balaban J connectivity index is 1.41. The minimum absolute atomic E-state index is 0.0303. The number of benzene rings is 3. The molecule has 3 heterocycles. The highest BCUT2D eigenvalue weighted by molar-refractivity contribution is 5.93. The average molecular weight is 498 g/mol. The highest BCUT2D eigenvalue weighted by Crippen LogP contribution is 2.33. The summed E-state index contributed by atoms with van der Waals surface area (Å²) in [6, 6.07) is 20.9. The molecular formula is C27H24FN7O2. The summed E-state index contributed by atoms with van der Waals surface area (Å²) in [5, 5.41) is 21.5. The molecule has 186 valence electrons. The van der Waals surface area contributed by atoms with Crippen molar-refractivity contribution in [3.05, 3.63) is 94.3 Å². The lowest BCUT2D eigenvalue weighted by Crippen LogP contribution is -2.32. The summed E-state index contributed by atoms with van der Waals surface area (Å²) in [6.45, 7) is 3.88. The van der Waals surface area contributed by atoms with Gasteiger partial charge in [-0.25, -0.2) is 13.8 Å². The van der Waals surface area contributed by atoms with Crippen molar-refractivity contribution in [3.63, 3.8) is 0 Å². The molecule has 1 fully saturated rings. The van der Waals surface area contributed by atoms with Crippen LogP contribution in [0.5, 0.6) is 0 Å². The second-order valence-corrected chi connectivity index (χ2v) is 9.13. The van der Waals surface area contributed by atoms with E-state index in [1.165, 1.54) is 18.2 Å². The lowest BCUT2D eigenvalue weighted by Gasteiger charge is -2.24. The van der Waals surface area contributed by atoms with Gasteiger partial charge in [-0.1, -0.05) is 36.4 Å². The maximum atomic E-state index is 13.3. The van der Waals surface area contributed by atoms with Crippen LogP contribution in [-0.2, 0) is 6.54 Å². The molecule has 10 heteroatoms. The first-order valence-corrected chi connectivity index (χ1v) is 12.2. The van der Waals surface area contributed by atoms with E-state index in [0.29, 0.717) is 29.5 Å². The largest absolute Gasteiger partial charge is 0.341 e. The molecule has 0 saturated carbocycles. The fourth-order valence-corrected chi connectivity index (χ4v) is 4.95. The molecule has 2 aromatic heterocycles. The zero-order chi connectivity index (χ0) is 25.4. The van der Waals surface area contributed by atoms with Crippen molar-refractivity contribution in [2.24, 2.45) is 0 Å². The van der Waals surface area contributed by atoms with E-state index < -0.39 is 4.92 Å². The zero-order valence-electron chi connectivity index (χ0n) is 20.0. The van der Waals surface area contributed by atoms with Crippen molar-refractivity contribution in [3.8, 4) is 11.4 Å². The Morgan fingerprint density at radius 1 is 0.892 bits per heavy atom. The topological polar surface area (TPSA) is 92.7 Å². The molecule has 0 aliphatic carbocycles.